The van der Waals surface area contributed by atoms with Crippen molar-refractivity contribution < 1.29 is 4.79 Å². The SMILES string of the molecule is CN1C(=O)CC[C@]2(C)c3ccc(C4=CC=CCC4=S)cc3CC[C@@H]12. The molecular weight excluding hydrogens is 314 g/mol. The number of benzene rings is 1. The second-order valence-electron chi connectivity index (χ2n) is 7.48. The Morgan fingerprint density at radius 3 is 2.92 bits per heavy atom. The van der Waals surface area contributed by atoms with Gasteiger partial charge >= 0.3 is 0 Å². The van der Waals surface area contributed by atoms with Crippen molar-refractivity contribution in [3.63, 3.8) is 0 Å². The third kappa shape index (κ3) is 2.29. The summed E-state index contributed by atoms with van der Waals surface area (Å²) in [7, 11) is 1.97. The average Bonchev–Trinajstić information content (AvgIpc) is 2.59. The van der Waals surface area contributed by atoms with Gasteiger partial charge < -0.3 is 4.90 Å². The molecule has 1 heterocycles. The highest BCUT2D eigenvalue weighted by Gasteiger charge is 2.46. The molecule has 1 saturated heterocycles. The van der Waals surface area contributed by atoms with E-state index in [9.17, 15) is 4.79 Å². The van der Waals surface area contributed by atoms with Crippen LogP contribution in [0.5, 0.6) is 0 Å². The minimum absolute atomic E-state index is 0.0795. The fraction of sp³-hybridized carbons (Fsp3) is 0.429. The maximum Gasteiger partial charge on any atom is 0.222 e. The Balaban J connectivity index is 1.75. The van der Waals surface area contributed by atoms with Gasteiger partial charge in [-0.3, -0.25) is 4.79 Å². The lowest BCUT2D eigenvalue weighted by molar-refractivity contribution is -0.138. The molecule has 124 valence electrons. The monoisotopic (exact) mass is 337 g/mol. The summed E-state index contributed by atoms with van der Waals surface area (Å²) in [4.78, 5) is 15.1. The zero-order valence-corrected chi connectivity index (χ0v) is 15.2. The van der Waals surface area contributed by atoms with E-state index in [4.69, 9.17) is 12.2 Å². The normalized spacial score (nSPS) is 29.2. The van der Waals surface area contributed by atoms with Crippen LogP contribution in [0.15, 0.2) is 36.4 Å². The van der Waals surface area contributed by atoms with Gasteiger partial charge in [-0.05, 0) is 41.5 Å². The standard InChI is InChI=1S/C21H23NOS/c1-21-12-11-20(23)22(2)19(21)10-8-15-13-14(7-9-17(15)21)16-5-3-4-6-18(16)24/h3-5,7,9,13,19H,6,8,10-12H2,1-2H3/t19-,21-/m1/s1. The van der Waals surface area contributed by atoms with E-state index < -0.39 is 0 Å². The number of hydrogen-bond donors (Lipinski definition) is 0. The number of fused-ring (bicyclic) bond motifs is 3. The molecule has 2 nitrogen and oxygen atoms in total. The summed E-state index contributed by atoms with van der Waals surface area (Å²) in [5.74, 6) is 0.294. The predicted octanol–water partition coefficient (Wildman–Crippen LogP) is 4.22. The molecule has 3 heteroatoms. The summed E-state index contributed by atoms with van der Waals surface area (Å²) in [5.41, 5.74) is 5.38. The molecule has 1 fully saturated rings. The van der Waals surface area contributed by atoms with Crippen LogP contribution in [0.2, 0.25) is 0 Å². The molecule has 0 saturated carbocycles. The Hall–Kier alpha value is -1.74. The fourth-order valence-corrected chi connectivity index (χ4v) is 5.04. The number of carbonyl (C=O) groups excluding carboxylic acids is 1. The highest BCUT2D eigenvalue weighted by Crippen LogP contribution is 2.46. The zero-order valence-electron chi connectivity index (χ0n) is 14.3. The van der Waals surface area contributed by atoms with Gasteiger partial charge in [0.25, 0.3) is 0 Å². The average molecular weight is 337 g/mol. The molecule has 4 rings (SSSR count). The first kappa shape index (κ1) is 15.8. The van der Waals surface area contributed by atoms with E-state index >= 15 is 0 Å². The first-order valence-electron chi connectivity index (χ1n) is 8.80. The summed E-state index contributed by atoms with van der Waals surface area (Å²) < 4.78 is 0. The van der Waals surface area contributed by atoms with Crippen LogP contribution in [0.3, 0.4) is 0 Å². The van der Waals surface area contributed by atoms with Crippen LogP contribution in [-0.4, -0.2) is 28.8 Å². The number of thiocarbonyl (C=S) groups is 1. The lowest BCUT2D eigenvalue weighted by Gasteiger charge is -2.50. The molecule has 24 heavy (non-hydrogen) atoms. The van der Waals surface area contributed by atoms with E-state index in [1.165, 1.54) is 22.3 Å². The van der Waals surface area contributed by atoms with Crippen molar-refractivity contribution in [2.24, 2.45) is 0 Å². The molecule has 0 spiro atoms. The largest absolute Gasteiger partial charge is 0.342 e. The molecule has 1 amide bonds. The maximum atomic E-state index is 12.1. The fourth-order valence-electron chi connectivity index (χ4n) is 4.75. The molecule has 0 aromatic heterocycles. The Morgan fingerprint density at radius 2 is 2.12 bits per heavy atom. The molecule has 0 unspecified atom stereocenters. The second-order valence-corrected chi connectivity index (χ2v) is 7.98. The van der Waals surface area contributed by atoms with Gasteiger partial charge in [0.1, 0.15) is 0 Å². The summed E-state index contributed by atoms with van der Waals surface area (Å²) in [6.45, 7) is 2.34. The zero-order chi connectivity index (χ0) is 16.9. The van der Waals surface area contributed by atoms with Crippen molar-refractivity contribution in [1.29, 1.82) is 0 Å². The van der Waals surface area contributed by atoms with Crippen molar-refractivity contribution in [1.82, 2.24) is 4.90 Å². The van der Waals surface area contributed by atoms with Crippen LogP contribution in [0.25, 0.3) is 5.57 Å². The number of piperidine rings is 1. The lowest BCUT2D eigenvalue weighted by Crippen LogP contribution is -2.56. The summed E-state index contributed by atoms with van der Waals surface area (Å²) in [6, 6.07) is 7.18. The molecule has 1 aromatic carbocycles. The van der Waals surface area contributed by atoms with E-state index in [2.05, 4.69) is 43.4 Å². The number of likely N-dealkylation sites (N-methyl/N-ethyl adjacent to an activating group) is 1. The van der Waals surface area contributed by atoms with Crippen LogP contribution >= 0.6 is 12.2 Å². The van der Waals surface area contributed by atoms with Gasteiger partial charge in [0.05, 0.1) is 0 Å². The molecule has 0 radical (unpaired) electrons. The van der Waals surface area contributed by atoms with Crippen molar-refractivity contribution in [3.8, 4) is 0 Å². The summed E-state index contributed by atoms with van der Waals surface area (Å²) in [5, 5.41) is 0. The molecule has 1 aromatic rings. The second kappa shape index (κ2) is 5.66. The minimum atomic E-state index is 0.0795. The molecular formula is C21H23NOS. The number of aryl methyl sites for hydroxylation is 1. The first-order chi connectivity index (χ1) is 11.5. The number of rotatable bonds is 1. The smallest absolute Gasteiger partial charge is 0.222 e. The number of nitrogens with zero attached hydrogens (tertiary/aromatic N) is 1. The summed E-state index contributed by atoms with van der Waals surface area (Å²) in [6.07, 6.45) is 10.9. The molecule has 2 atom stereocenters. The van der Waals surface area contributed by atoms with Gasteiger partial charge in [-0.1, -0.05) is 55.6 Å². The van der Waals surface area contributed by atoms with Crippen LogP contribution in [0.4, 0.5) is 0 Å². The Bertz CT molecular complexity index is 791. The quantitative estimate of drug-likeness (QED) is 0.715. The Kier molecular flexibility index (Phi) is 3.72. The maximum absolute atomic E-state index is 12.1. The van der Waals surface area contributed by atoms with Crippen LogP contribution in [0, 0.1) is 0 Å². The van der Waals surface area contributed by atoms with Crippen molar-refractivity contribution in [3.05, 3.63) is 53.1 Å². The first-order valence-corrected chi connectivity index (χ1v) is 9.21. The molecule has 2 aliphatic carbocycles. The van der Waals surface area contributed by atoms with E-state index in [0.717, 1.165) is 30.5 Å². The van der Waals surface area contributed by atoms with E-state index in [1.54, 1.807) is 0 Å². The van der Waals surface area contributed by atoms with Crippen LogP contribution in [-0.2, 0) is 16.6 Å². The molecule has 3 aliphatic rings. The predicted molar refractivity (Wildman–Crippen MR) is 102 cm³/mol. The Morgan fingerprint density at radius 1 is 1.29 bits per heavy atom. The number of carbonyl (C=O) groups is 1. The highest BCUT2D eigenvalue weighted by molar-refractivity contribution is 7.81. The summed E-state index contributed by atoms with van der Waals surface area (Å²) >= 11 is 5.54. The topological polar surface area (TPSA) is 20.3 Å². The van der Waals surface area contributed by atoms with Crippen molar-refractivity contribution in [2.45, 2.75) is 50.5 Å². The number of hydrogen-bond acceptors (Lipinski definition) is 2. The van der Waals surface area contributed by atoms with Crippen molar-refractivity contribution in [2.75, 3.05) is 7.05 Å². The van der Waals surface area contributed by atoms with E-state index in [1.807, 2.05) is 11.9 Å². The highest BCUT2D eigenvalue weighted by atomic mass is 32.1. The van der Waals surface area contributed by atoms with Crippen molar-refractivity contribution >= 4 is 28.6 Å². The number of allylic oxidation sites excluding steroid dienone is 4. The Labute approximate surface area is 149 Å². The molecule has 1 aliphatic heterocycles. The molecule has 0 bridgehead atoms. The van der Waals surface area contributed by atoms with Gasteiger partial charge in [0.15, 0.2) is 0 Å². The molecule has 0 N–H and O–H groups in total. The van der Waals surface area contributed by atoms with E-state index in [-0.39, 0.29) is 5.41 Å². The van der Waals surface area contributed by atoms with Crippen LogP contribution in [0.1, 0.15) is 49.3 Å². The van der Waals surface area contributed by atoms with Gasteiger partial charge in [-0.25, -0.2) is 0 Å². The number of likely N-dealkylation sites (tertiary alicyclic amines) is 1. The van der Waals surface area contributed by atoms with Crippen LogP contribution < -0.4 is 0 Å². The van der Waals surface area contributed by atoms with Gasteiger partial charge in [0.2, 0.25) is 5.91 Å². The third-order valence-electron chi connectivity index (χ3n) is 6.18. The van der Waals surface area contributed by atoms with Gasteiger partial charge in [-0.2, -0.15) is 0 Å². The van der Waals surface area contributed by atoms with E-state index in [0.29, 0.717) is 18.4 Å². The van der Waals surface area contributed by atoms with Gasteiger partial charge in [0, 0.05) is 36.2 Å². The number of amides is 1. The minimum Gasteiger partial charge on any atom is -0.342 e. The lowest BCUT2D eigenvalue weighted by atomic mass is 9.63. The van der Waals surface area contributed by atoms with Gasteiger partial charge in [-0.15, -0.1) is 0 Å². The third-order valence-corrected chi connectivity index (χ3v) is 6.56.